The van der Waals surface area contributed by atoms with Crippen LogP contribution in [0.1, 0.15) is 61.1 Å². The average Bonchev–Trinajstić information content (AvgIpc) is 2.79. The van der Waals surface area contributed by atoms with Crippen LogP contribution in [0.3, 0.4) is 0 Å². The Hall–Kier alpha value is -3.32. The first-order valence-corrected chi connectivity index (χ1v) is 11.7. The van der Waals surface area contributed by atoms with E-state index in [2.05, 4.69) is 29.5 Å². The topological polar surface area (TPSA) is 83.8 Å². The van der Waals surface area contributed by atoms with Crippen molar-refractivity contribution in [3.05, 3.63) is 69.4 Å². The van der Waals surface area contributed by atoms with Gasteiger partial charge in [-0.25, -0.2) is 5.48 Å². The fourth-order valence-corrected chi connectivity index (χ4v) is 4.50. The summed E-state index contributed by atoms with van der Waals surface area (Å²) in [5.74, 6) is 0.277. The van der Waals surface area contributed by atoms with Gasteiger partial charge in [0.25, 0.3) is 5.91 Å². The molecule has 0 radical (unpaired) electrons. The van der Waals surface area contributed by atoms with E-state index in [1.807, 2.05) is 38.1 Å². The van der Waals surface area contributed by atoms with Crippen molar-refractivity contribution in [2.75, 3.05) is 30.4 Å². The maximum atomic E-state index is 13.1. The van der Waals surface area contributed by atoms with Crippen molar-refractivity contribution < 1.29 is 14.0 Å². The second-order valence-corrected chi connectivity index (χ2v) is 9.88. The Labute approximate surface area is 200 Å². The molecule has 2 heterocycles. The lowest BCUT2D eigenvalue weighted by Gasteiger charge is -2.37. The summed E-state index contributed by atoms with van der Waals surface area (Å²) >= 11 is 0. The van der Waals surface area contributed by atoms with Crippen molar-refractivity contribution in [2.45, 2.75) is 46.6 Å². The molecule has 2 N–H and O–H groups in total. The van der Waals surface area contributed by atoms with E-state index < -0.39 is 0 Å². The SMILES string of the molecule is CONC(=O)c1ccccc1NC(C)c1cc(C)cc2c(=O)cc(N3CCC(C)(C)CC3)oc12. The minimum absolute atomic E-state index is 0.0434. The van der Waals surface area contributed by atoms with Crippen molar-refractivity contribution in [2.24, 2.45) is 5.41 Å². The molecule has 1 unspecified atom stereocenters. The quantitative estimate of drug-likeness (QED) is 0.490. The maximum Gasteiger partial charge on any atom is 0.276 e. The molecule has 0 bridgehead atoms. The predicted molar refractivity (Wildman–Crippen MR) is 135 cm³/mol. The Morgan fingerprint density at radius 2 is 1.85 bits per heavy atom. The Bertz CT molecular complexity index is 1250. The van der Waals surface area contributed by atoms with Crippen LogP contribution in [-0.2, 0) is 4.84 Å². The van der Waals surface area contributed by atoms with Crippen molar-refractivity contribution in [1.82, 2.24) is 5.48 Å². The van der Waals surface area contributed by atoms with E-state index in [1.54, 1.807) is 18.2 Å². The third-order valence-corrected chi connectivity index (χ3v) is 6.62. The van der Waals surface area contributed by atoms with Gasteiger partial charge in [0.1, 0.15) is 5.58 Å². The zero-order valence-corrected chi connectivity index (χ0v) is 20.5. The van der Waals surface area contributed by atoms with Gasteiger partial charge in [-0.3, -0.25) is 14.4 Å². The summed E-state index contributed by atoms with van der Waals surface area (Å²) in [6.07, 6.45) is 2.10. The number of amides is 1. The Kier molecular flexibility index (Phi) is 6.66. The molecule has 180 valence electrons. The monoisotopic (exact) mass is 463 g/mol. The van der Waals surface area contributed by atoms with Gasteiger partial charge in [0, 0.05) is 30.4 Å². The van der Waals surface area contributed by atoms with Crippen LogP contribution >= 0.6 is 0 Å². The summed E-state index contributed by atoms with van der Waals surface area (Å²) in [6.45, 7) is 10.2. The van der Waals surface area contributed by atoms with Crippen molar-refractivity contribution in [1.29, 1.82) is 0 Å². The normalized spacial score (nSPS) is 16.3. The molecule has 3 aromatic rings. The number of carbonyl (C=O) groups excluding carboxylic acids is 1. The molecule has 0 aliphatic carbocycles. The zero-order valence-electron chi connectivity index (χ0n) is 20.5. The molecule has 1 aliphatic rings. The molecular weight excluding hydrogens is 430 g/mol. The van der Waals surface area contributed by atoms with Gasteiger partial charge in [0.2, 0.25) is 0 Å². The van der Waals surface area contributed by atoms with E-state index in [-0.39, 0.29) is 17.4 Å². The lowest BCUT2D eigenvalue weighted by molar-refractivity contribution is 0.0538. The van der Waals surface area contributed by atoms with E-state index in [0.717, 1.165) is 37.1 Å². The lowest BCUT2D eigenvalue weighted by Crippen LogP contribution is -2.37. The highest BCUT2D eigenvalue weighted by Gasteiger charge is 2.27. The van der Waals surface area contributed by atoms with Crippen molar-refractivity contribution in [3.8, 4) is 0 Å². The van der Waals surface area contributed by atoms with Gasteiger partial charge in [0.05, 0.1) is 24.1 Å². The largest absolute Gasteiger partial charge is 0.440 e. The molecule has 1 saturated heterocycles. The molecule has 2 aromatic carbocycles. The molecule has 1 aromatic heterocycles. The van der Waals surface area contributed by atoms with Crippen LogP contribution in [0.2, 0.25) is 0 Å². The summed E-state index contributed by atoms with van der Waals surface area (Å²) < 4.78 is 6.40. The molecule has 7 heteroatoms. The Morgan fingerprint density at radius 1 is 1.15 bits per heavy atom. The Balaban J connectivity index is 1.72. The number of piperidine rings is 1. The number of hydrogen-bond donors (Lipinski definition) is 2. The fourth-order valence-electron chi connectivity index (χ4n) is 4.50. The van der Waals surface area contributed by atoms with Gasteiger partial charge in [0.15, 0.2) is 11.3 Å². The highest BCUT2D eigenvalue weighted by Crippen LogP contribution is 2.34. The van der Waals surface area contributed by atoms with E-state index in [0.29, 0.717) is 33.5 Å². The lowest BCUT2D eigenvalue weighted by atomic mass is 9.83. The molecule has 1 fully saturated rings. The first-order chi connectivity index (χ1) is 16.2. The highest BCUT2D eigenvalue weighted by atomic mass is 16.6. The molecule has 0 spiro atoms. The number of fused-ring (bicyclic) bond motifs is 1. The third kappa shape index (κ3) is 4.94. The number of anilines is 2. The van der Waals surface area contributed by atoms with Crippen LogP contribution < -0.4 is 21.1 Å². The van der Waals surface area contributed by atoms with Gasteiger partial charge in [-0.05, 0) is 55.9 Å². The van der Waals surface area contributed by atoms with Crippen molar-refractivity contribution >= 4 is 28.4 Å². The summed E-state index contributed by atoms with van der Waals surface area (Å²) in [6, 6.07) is 12.5. The summed E-state index contributed by atoms with van der Waals surface area (Å²) in [4.78, 5) is 32.5. The fraction of sp³-hybridized carbons (Fsp3) is 0.407. The van der Waals surface area contributed by atoms with Gasteiger partial charge in [-0.2, -0.15) is 0 Å². The van der Waals surface area contributed by atoms with Gasteiger partial charge < -0.3 is 14.6 Å². The van der Waals surface area contributed by atoms with Gasteiger partial charge in [-0.1, -0.05) is 32.0 Å². The second-order valence-electron chi connectivity index (χ2n) is 9.88. The van der Waals surface area contributed by atoms with E-state index in [9.17, 15) is 9.59 Å². The van der Waals surface area contributed by atoms with Crippen molar-refractivity contribution in [3.63, 3.8) is 0 Å². The van der Waals surface area contributed by atoms with E-state index in [1.165, 1.54) is 7.11 Å². The second kappa shape index (κ2) is 9.50. The number of para-hydroxylation sites is 1. The number of carbonyl (C=O) groups is 1. The molecule has 1 aliphatic heterocycles. The highest BCUT2D eigenvalue weighted by molar-refractivity contribution is 5.99. The molecule has 1 atom stereocenters. The molecule has 34 heavy (non-hydrogen) atoms. The average molecular weight is 464 g/mol. The molecule has 7 nitrogen and oxygen atoms in total. The van der Waals surface area contributed by atoms with Crippen LogP contribution in [0.15, 0.2) is 51.7 Å². The molecular formula is C27H33N3O4. The van der Waals surface area contributed by atoms with Crippen LogP contribution in [0.5, 0.6) is 0 Å². The first kappa shape index (κ1) is 23.8. The maximum absolute atomic E-state index is 13.1. The summed E-state index contributed by atoms with van der Waals surface area (Å²) in [5.41, 5.74) is 6.18. The zero-order chi connectivity index (χ0) is 24.5. The minimum atomic E-state index is -0.339. The third-order valence-electron chi connectivity index (χ3n) is 6.62. The predicted octanol–water partition coefficient (Wildman–Crippen LogP) is 5.19. The number of benzene rings is 2. The van der Waals surface area contributed by atoms with Crippen LogP contribution in [0, 0.1) is 12.3 Å². The number of aryl methyl sites for hydroxylation is 1. The Morgan fingerprint density at radius 3 is 2.56 bits per heavy atom. The van der Waals surface area contributed by atoms with Gasteiger partial charge >= 0.3 is 0 Å². The number of hydroxylamine groups is 1. The van der Waals surface area contributed by atoms with Crippen LogP contribution in [-0.4, -0.2) is 26.1 Å². The standard InChI is InChI=1S/C27H33N3O4/c1-17-14-20(18(2)28-22-9-7-6-8-19(22)26(32)29-33-5)25-21(15-17)23(31)16-24(34-25)30-12-10-27(3,4)11-13-30/h6-9,14-16,18,28H,10-13H2,1-5H3,(H,29,32). The van der Waals surface area contributed by atoms with E-state index in [4.69, 9.17) is 9.25 Å². The molecule has 4 rings (SSSR count). The van der Waals surface area contributed by atoms with E-state index >= 15 is 0 Å². The van der Waals surface area contributed by atoms with Crippen LogP contribution in [0.25, 0.3) is 11.0 Å². The molecule has 1 amide bonds. The molecule has 0 saturated carbocycles. The van der Waals surface area contributed by atoms with Gasteiger partial charge in [-0.15, -0.1) is 0 Å². The van der Waals surface area contributed by atoms with Crippen LogP contribution in [0.4, 0.5) is 11.6 Å². The number of hydrogen-bond acceptors (Lipinski definition) is 6. The number of nitrogens with one attached hydrogen (secondary N) is 2. The summed E-state index contributed by atoms with van der Waals surface area (Å²) in [5, 5.41) is 3.99. The smallest absolute Gasteiger partial charge is 0.276 e. The summed E-state index contributed by atoms with van der Waals surface area (Å²) in [7, 11) is 1.40. The number of rotatable bonds is 6. The number of nitrogens with zero attached hydrogens (tertiary/aromatic N) is 1. The first-order valence-electron chi connectivity index (χ1n) is 11.7. The minimum Gasteiger partial charge on any atom is -0.440 e.